The Morgan fingerprint density at radius 2 is 1.70 bits per heavy atom. The average molecular weight is 289 g/mol. The predicted molar refractivity (Wildman–Crippen MR) is 82.3 cm³/mol. The van der Waals surface area contributed by atoms with Gasteiger partial charge in [0.05, 0.1) is 5.56 Å². The summed E-state index contributed by atoms with van der Waals surface area (Å²) < 4.78 is 13.8. The van der Waals surface area contributed by atoms with Crippen molar-refractivity contribution in [3.8, 4) is 0 Å². The maximum atomic E-state index is 13.8. The van der Waals surface area contributed by atoms with Gasteiger partial charge in [-0.3, -0.25) is 4.79 Å². The van der Waals surface area contributed by atoms with Gasteiger partial charge in [0.15, 0.2) is 0 Å². The van der Waals surface area contributed by atoms with Crippen molar-refractivity contribution in [3.63, 3.8) is 0 Å². The Bertz CT molecular complexity index is 649. The molecule has 0 heterocycles. The summed E-state index contributed by atoms with van der Waals surface area (Å²) in [6, 6.07) is 10.0. The van der Waals surface area contributed by atoms with Gasteiger partial charge in [-0.1, -0.05) is 6.07 Å². The Hall–Kier alpha value is -1.81. The largest absolute Gasteiger partial charge is 0.311 e. The van der Waals surface area contributed by atoms with Crippen molar-refractivity contribution in [2.75, 3.05) is 11.9 Å². The number of carbonyl (C=O) groups excluding carboxylic acids is 1. The number of rotatable bonds is 2. The van der Waals surface area contributed by atoms with Gasteiger partial charge in [0.1, 0.15) is 5.82 Å². The quantitative estimate of drug-likeness (QED) is 0.828. The number of hydrogen-bond donors (Lipinski definition) is 1. The van der Waals surface area contributed by atoms with Gasteiger partial charge < -0.3 is 4.90 Å². The average Bonchev–Trinajstić information content (AvgIpc) is 2.38. The van der Waals surface area contributed by atoms with Crippen molar-refractivity contribution in [3.05, 3.63) is 58.9 Å². The second-order valence-corrected chi connectivity index (χ2v) is 5.39. The van der Waals surface area contributed by atoms with Gasteiger partial charge >= 0.3 is 0 Å². The zero-order valence-electron chi connectivity index (χ0n) is 11.6. The van der Waals surface area contributed by atoms with Crippen molar-refractivity contribution in [1.29, 1.82) is 0 Å². The van der Waals surface area contributed by atoms with Crippen molar-refractivity contribution < 1.29 is 9.18 Å². The molecule has 2 nitrogen and oxygen atoms in total. The molecule has 2 aromatic carbocycles. The highest BCUT2D eigenvalue weighted by atomic mass is 32.1. The Morgan fingerprint density at radius 3 is 2.30 bits per heavy atom. The lowest BCUT2D eigenvalue weighted by atomic mass is 10.1. The molecule has 2 aromatic rings. The van der Waals surface area contributed by atoms with Gasteiger partial charge in [0.2, 0.25) is 0 Å². The smallest absolute Gasteiger partial charge is 0.261 e. The second kappa shape index (κ2) is 5.67. The van der Waals surface area contributed by atoms with E-state index in [0.717, 1.165) is 16.8 Å². The van der Waals surface area contributed by atoms with Gasteiger partial charge in [0, 0.05) is 17.6 Å². The normalized spacial score (nSPS) is 10.4. The lowest BCUT2D eigenvalue weighted by Gasteiger charge is -2.19. The standard InChI is InChI=1S/C16H16FNOS/c1-10-6-11(2)8-12(7-10)18(3)16(19)14-9-13(20)4-5-15(14)17/h4-9,20H,1-3H3. The molecule has 0 N–H and O–H groups in total. The van der Waals surface area contributed by atoms with Crippen molar-refractivity contribution in [1.82, 2.24) is 0 Å². The van der Waals surface area contributed by atoms with E-state index >= 15 is 0 Å². The maximum Gasteiger partial charge on any atom is 0.261 e. The molecule has 0 saturated carbocycles. The minimum atomic E-state index is -0.538. The van der Waals surface area contributed by atoms with Crippen LogP contribution in [-0.2, 0) is 0 Å². The van der Waals surface area contributed by atoms with E-state index in [2.05, 4.69) is 12.6 Å². The van der Waals surface area contributed by atoms with Crippen LogP contribution in [0.15, 0.2) is 41.3 Å². The summed E-state index contributed by atoms with van der Waals surface area (Å²) in [6.07, 6.45) is 0. The third kappa shape index (κ3) is 3.02. The lowest BCUT2D eigenvalue weighted by Crippen LogP contribution is -2.27. The molecule has 2 rings (SSSR count). The van der Waals surface area contributed by atoms with E-state index in [1.54, 1.807) is 7.05 Å². The summed E-state index contributed by atoms with van der Waals surface area (Å²) in [5.41, 5.74) is 2.89. The Morgan fingerprint density at radius 1 is 1.10 bits per heavy atom. The maximum absolute atomic E-state index is 13.8. The Labute approximate surface area is 123 Å². The minimum Gasteiger partial charge on any atom is -0.311 e. The number of thiol groups is 1. The molecular weight excluding hydrogens is 273 g/mol. The highest BCUT2D eigenvalue weighted by Crippen LogP contribution is 2.21. The number of hydrogen-bond acceptors (Lipinski definition) is 2. The molecule has 0 aliphatic rings. The van der Waals surface area contributed by atoms with Crippen LogP contribution in [0.25, 0.3) is 0 Å². The fourth-order valence-corrected chi connectivity index (χ4v) is 2.32. The molecule has 104 valence electrons. The van der Waals surface area contributed by atoms with Crippen LogP contribution in [0.4, 0.5) is 10.1 Å². The number of aryl methyl sites for hydroxylation is 2. The molecule has 0 fully saturated rings. The second-order valence-electron chi connectivity index (χ2n) is 4.87. The zero-order chi connectivity index (χ0) is 14.9. The number of halogens is 1. The van der Waals surface area contributed by atoms with Crippen LogP contribution >= 0.6 is 12.6 Å². The number of amides is 1. The van der Waals surface area contributed by atoms with E-state index in [1.807, 2.05) is 32.0 Å². The summed E-state index contributed by atoms with van der Waals surface area (Å²) in [5.74, 6) is -0.924. The van der Waals surface area contributed by atoms with Crippen molar-refractivity contribution >= 4 is 24.2 Å². The molecular formula is C16H16FNOS. The van der Waals surface area contributed by atoms with Crippen LogP contribution in [0.5, 0.6) is 0 Å². The molecule has 0 atom stereocenters. The molecule has 1 amide bonds. The molecule has 0 spiro atoms. The lowest BCUT2D eigenvalue weighted by molar-refractivity contribution is 0.0989. The predicted octanol–water partition coefficient (Wildman–Crippen LogP) is 4.01. The van der Waals surface area contributed by atoms with Crippen LogP contribution in [0, 0.1) is 19.7 Å². The number of benzene rings is 2. The third-order valence-electron chi connectivity index (χ3n) is 3.08. The summed E-state index contributed by atoms with van der Waals surface area (Å²) in [7, 11) is 1.64. The summed E-state index contributed by atoms with van der Waals surface area (Å²) in [6.45, 7) is 3.92. The first-order valence-electron chi connectivity index (χ1n) is 6.23. The van der Waals surface area contributed by atoms with Gasteiger partial charge in [-0.15, -0.1) is 12.6 Å². The van der Waals surface area contributed by atoms with Gasteiger partial charge in [0.25, 0.3) is 5.91 Å². The van der Waals surface area contributed by atoms with E-state index in [-0.39, 0.29) is 11.5 Å². The number of anilines is 1. The van der Waals surface area contributed by atoms with Gasteiger partial charge in [-0.2, -0.15) is 0 Å². The Kier molecular flexibility index (Phi) is 4.14. The highest BCUT2D eigenvalue weighted by Gasteiger charge is 2.18. The van der Waals surface area contributed by atoms with E-state index in [1.165, 1.54) is 23.1 Å². The van der Waals surface area contributed by atoms with E-state index < -0.39 is 5.82 Å². The van der Waals surface area contributed by atoms with Crippen molar-refractivity contribution in [2.24, 2.45) is 0 Å². The first kappa shape index (κ1) is 14.6. The molecule has 20 heavy (non-hydrogen) atoms. The molecule has 0 bridgehead atoms. The topological polar surface area (TPSA) is 20.3 Å². The molecule has 0 aromatic heterocycles. The molecule has 0 radical (unpaired) electrons. The Balaban J connectivity index is 2.39. The van der Waals surface area contributed by atoms with Crippen LogP contribution in [-0.4, -0.2) is 13.0 Å². The van der Waals surface area contributed by atoms with E-state index in [0.29, 0.717) is 4.90 Å². The molecule has 0 aliphatic heterocycles. The van der Waals surface area contributed by atoms with Crippen LogP contribution in [0.1, 0.15) is 21.5 Å². The van der Waals surface area contributed by atoms with Gasteiger partial charge in [-0.05, 0) is 55.3 Å². The van der Waals surface area contributed by atoms with Gasteiger partial charge in [-0.25, -0.2) is 4.39 Å². The summed E-state index contributed by atoms with van der Waals surface area (Å²) in [5, 5.41) is 0. The highest BCUT2D eigenvalue weighted by molar-refractivity contribution is 7.80. The van der Waals surface area contributed by atoms with Crippen LogP contribution < -0.4 is 4.90 Å². The first-order chi connectivity index (χ1) is 9.38. The van der Waals surface area contributed by atoms with Crippen LogP contribution in [0.2, 0.25) is 0 Å². The molecule has 0 aliphatic carbocycles. The minimum absolute atomic E-state index is 0.0270. The summed E-state index contributed by atoms with van der Waals surface area (Å²) >= 11 is 4.15. The van der Waals surface area contributed by atoms with Crippen LogP contribution in [0.3, 0.4) is 0 Å². The number of carbonyl (C=O) groups is 1. The fraction of sp³-hybridized carbons (Fsp3) is 0.188. The third-order valence-corrected chi connectivity index (χ3v) is 3.36. The zero-order valence-corrected chi connectivity index (χ0v) is 12.5. The monoisotopic (exact) mass is 289 g/mol. The van der Waals surface area contributed by atoms with E-state index in [4.69, 9.17) is 0 Å². The SMILES string of the molecule is Cc1cc(C)cc(N(C)C(=O)c2cc(S)ccc2F)c1. The summed E-state index contributed by atoms with van der Waals surface area (Å²) in [4.78, 5) is 14.4. The van der Waals surface area contributed by atoms with Crippen molar-refractivity contribution in [2.45, 2.75) is 18.7 Å². The first-order valence-corrected chi connectivity index (χ1v) is 6.68. The molecule has 0 unspecified atom stereocenters. The molecule has 4 heteroatoms. The van der Waals surface area contributed by atoms with E-state index in [9.17, 15) is 9.18 Å². The molecule has 0 saturated heterocycles. The fourth-order valence-electron chi connectivity index (χ4n) is 2.12. The number of nitrogens with zero attached hydrogens (tertiary/aromatic N) is 1.